The third kappa shape index (κ3) is 3.66. The number of nitrogens with one attached hydrogen (secondary N) is 2. The van der Waals surface area contributed by atoms with Gasteiger partial charge in [-0.1, -0.05) is 0 Å². The van der Waals surface area contributed by atoms with Gasteiger partial charge in [0.1, 0.15) is 5.69 Å². The fourth-order valence-corrected chi connectivity index (χ4v) is 5.61. The van der Waals surface area contributed by atoms with Crippen molar-refractivity contribution in [2.24, 2.45) is 0 Å². The molecule has 0 bridgehead atoms. The molecular formula is C19H22N4O4S. The molecular weight excluding hydrogens is 380 g/mol. The molecule has 2 N–H and O–H groups in total. The van der Waals surface area contributed by atoms with Crippen molar-refractivity contribution in [1.82, 2.24) is 9.78 Å². The van der Waals surface area contributed by atoms with Crippen molar-refractivity contribution in [3.05, 3.63) is 41.2 Å². The van der Waals surface area contributed by atoms with Gasteiger partial charge in [0, 0.05) is 23.9 Å². The summed E-state index contributed by atoms with van der Waals surface area (Å²) in [5, 5.41) is 10.1. The van der Waals surface area contributed by atoms with Crippen LogP contribution in [-0.2, 0) is 27.5 Å². The molecule has 2 amide bonds. The van der Waals surface area contributed by atoms with E-state index in [0.29, 0.717) is 23.5 Å². The van der Waals surface area contributed by atoms with Crippen LogP contribution in [0.2, 0.25) is 0 Å². The molecule has 1 aliphatic heterocycles. The highest BCUT2D eigenvalue weighted by Gasteiger charge is 2.35. The lowest BCUT2D eigenvalue weighted by Gasteiger charge is -2.15. The summed E-state index contributed by atoms with van der Waals surface area (Å²) in [6, 6.07) is 6.55. The zero-order valence-electron chi connectivity index (χ0n) is 15.6. The smallest absolute Gasteiger partial charge is 0.274 e. The van der Waals surface area contributed by atoms with Crippen LogP contribution in [0.15, 0.2) is 24.3 Å². The van der Waals surface area contributed by atoms with E-state index in [1.807, 2.05) is 0 Å². The summed E-state index contributed by atoms with van der Waals surface area (Å²) in [5.41, 5.74) is 3.54. The normalized spacial score (nSPS) is 20.0. The van der Waals surface area contributed by atoms with Gasteiger partial charge in [0.15, 0.2) is 9.84 Å². The largest absolute Gasteiger partial charge is 0.326 e. The van der Waals surface area contributed by atoms with Crippen molar-refractivity contribution in [2.75, 3.05) is 22.1 Å². The fourth-order valence-electron chi connectivity index (χ4n) is 3.92. The molecule has 8 nitrogen and oxygen atoms in total. The zero-order chi connectivity index (χ0) is 19.9. The fraction of sp³-hybridized carbons (Fsp3) is 0.421. The van der Waals surface area contributed by atoms with Crippen molar-refractivity contribution in [2.45, 2.75) is 38.6 Å². The Balaban J connectivity index is 1.59. The predicted molar refractivity (Wildman–Crippen MR) is 105 cm³/mol. The third-order valence-electron chi connectivity index (χ3n) is 5.16. The summed E-state index contributed by atoms with van der Waals surface area (Å²) in [4.78, 5) is 24.2. The lowest BCUT2D eigenvalue weighted by Crippen LogP contribution is -2.23. The Morgan fingerprint density at radius 3 is 2.39 bits per heavy atom. The first-order chi connectivity index (χ1) is 13.3. The molecule has 0 saturated carbocycles. The van der Waals surface area contributed by atoms with Gasteiger partial charge >= 0.3 is 0 Å². The number of carbonyl (C=O) groups excluding carboxylic acids is 2. The van der Waals surface area contributed by atoms with E-state index in [1.165, 1.54) is 6.92 Å². The Morgan fingerprint density at radius 2 is 1.79 bits per heavy atom. The Labute approximate surface area is 163 Å². The van der Waals surface area contributed by atoms with Crippen LogP contribution in [0.1, 0.15) is 47.6 Å². The lowest BCUT2D eigenvalue weighted by molar-refractivity contribution is -0.114. The molecule has 2 aromatic rings. The highest BCUT2D eigenvalue weighted by molar-refractivity contribution is 7.91. The Kier molecular flexibility index (Phi) is 4.70. The number of nitrogens with zero attached hydrogens (tertiary/aromatic N) is 2. The van der Waals surface area contributed by atoms with Crippen molar-refractivity contribution in [1.29, 1.82) is 0 Å². The first kappa shape index (κ1) is 18.7. The molecule has 4 rings (SSSR count). The molecule has 2 aliphatic rings. The summed E-state index contributed by atoms with van der Waals surface area (Å²) < 4.78 is 25.4. The van der Waals surface area contributed by atoms with E-state index in [-0.39, 0.29) is 29.4 Å². The van der Waals surface area contributed by atoms with E-state index in [9.17, 15) is 18.0 Å². The molecule has 1 atom stereocenters. The second-order valence-electron chi connectivity index (χ2n) is 7.34. The number of benzene rings is 1. The van der Waals surface area contributed by atoms with Crippen molar-refractivity contribution in [3.8, 4) is 0 Å². The van der Waals surface area contributed by atoms with Crippen LogP contribution in [0.25, 0.3) is 0 Å². The lowest BCUT2D eigenvalue weighted by atomic mass is 10.1. The number of aromatic nitrogens is 2. The number of hydrogen-bond donors (Lipinski definition) is 2. The number of fused-ring (bicyclic) bond motifs is 1. The van der Waals surface area contributed by atoms with Crippen LogP contribution < -0.4 is 10.6 Å². The quantitative estimate of drug-likeness (QED) is 0.812. The van der Waals surface area contributed by atoms with E-state index in [4.69, 9.17) is 0 Å². The van der Waals surface area contributed by atoms with E-state index < -0.39 is 9.84 Å². The molecule has 0 radical (unpaired) electrons. The minimum Gasteiger partial charge on any atom is -0.326 e. The van der Waals surface area contributed by atoms with Gasteiger partial charge in [-0.2, -0.15) is 5.10 Å². The highest BCUT2D eigenvalue weighted by Crippen LogP contribution is 2.31. The molecule has 148 valence electrons. The van der Waals surface area contributed by atoms with Crippen molar-refractivity contribution < 1.29 is 18.0 Å². The van der Waals surface area contributed by atoms with E-state index in [2.05, 4.69) is 15.7 Å². The van der Waals surface area contributed by atoms with Gasteiger partial charge < -0.3 is 10.6 Å². The van der Waals surface area contributed by atoms with E-state index >= 15 is 0 Å². The molecule has 1 aliphatic carbocycles. The molecule has 1 unspecified atom stereocenters. The molecule has 28 heavy (non-hydrogen) atoms. The molecule has 9 heteroatoms. The predicted octanol–water partition coefficient (Wildman–Crippen LogP) is 1.94. The van der Waals surface area contributed by atoms with Gasteiger partial charge in [-0.3, -0.25) is 14.3 Å². The topological polar surface area (TPSA) is 110 Å². The second kappa shape index (κ2) is 7.05. The number of hydrogen-bond acceptors (Lipinski definition) is 5. The summed E-state index contributed by atoms with van der Waals surface area (Å²) >= 11 is 0. The van der Waals surface area contributed by atoms with Gasteiger partial charge in [-0.05, 0) is 49.9 Å². The average molecular weight is 402 g/mol. The summed E-state index contributed by atoms with van der Waals surface area (Å²) in [6.45, 7) is 1.43. The van der Waals surface area contributed by atoms with Crippen LogP contribution in [0.5, 0.6) is 0 Å². The maximum absolute atomic E-state index is 13.0. The standard InChI is InChI=1S/C19H22N4O4S/c1-12(24)20-13-5-7-14(8-6-13)21-19(25)18-16-3-2-4-17(16)22-23(18)15-9-10-28(26,27)11-15/h5-8,15H,2-4,9-11H2,1H3,(H,20,24)(H,21,25). The number of anilines is 2. The second-order valence-corrected chi connectivity index (χ2v) is 9.57. The van der Waals surface area contributed by atoms with Gasteiger partial charge in [0.25, 0.3) is 5.91 Å². The first-order valence-electron chi connectivity index (χ1n) is 9.32. The van der Waals surface area contributed by atoms with E-state index in [0.717, 1.165) is 30.5 Å². The Morgan fingerprint density at radius 1 is 1.11 bits per heavy atom. The first-order valence-corrected chi connectivity index (χ1v) is 11.1. The minimum absolute atomic E-state index is 0.0270. The summed E-state index contributed by atoms with van der Waals surface area (Å²) in [7, 11) is -3.08. The average Bonchev–Trinajstić information content (AvgIpc) is 3.29. The van der Waals surface area contributed by atoms with Crippen LogP contribution in [0.3, 0.4) is 0 Å². The third-order valence-corrected chi connectivity index (χ3v) is 6.91. The van der Waals surface area contributed by atoms with Crippen LogP contribution >= 0.6 is 0 Å². The summed E-state index contributed by atoms with van der Waals surface area (Å²) in [6.07, 6.45) is 3.02. The monoisotopic (exact) mass is 402 g/mol. The molecule has 1 aromatic carbocycles. The molecule has 0 spiro atoms. The SMILES string of the molecule is CC(=O)Nc1ccc(NC(=O)c2c3c(nn2C2CCS(=O)(=O)C2)CCC3)cc1. The van der Waals surface area contributed by atoms with Crippen molar-refractivity contribution >= 4 is 33.0 Å². The van der Waals surface area contributed by atoms with Crippen LogP contribution in [0.4, 0.5) is 11.4 Å². The number of rotatable bonds is 4. The number of aryl methyl sites for hydroxylation is 1. The molecule has 1 saturated heterocycles. The van der Waals surface area contributed by atoms with Crippen LogP contribution in [0, 0.1) is 0 Å². The van der Waals surface area contributed by atoms with Gasteiger partial charge in [0.05, 0.1) is 23.2 Å². The summed E-state index contributed by atoms with van der Waals surface area (Å²) in [5.74, 6) is -0.289. The maximum Gasteiger partial charge on any atom is 0.274 e. The van der Waals surface area contributed by atoms with E-state index in [1.54, 1.807) is 28.9 Å². The number of amides is 2. The maximum atomic E-state index is 13.0. The van der Waals surface area contributed by atoms with Gasteiger partial charge in [0.2, 0.25) is 5.91 Å². The number of sulfone groups is 1. The Hall–Kier alpha value is -2.68. The molecule has 1 aromatic heterocycles. The van der Waals surface area contributed by atoms with Gasteiger partial charge in [-0.25, -0.2) is 8.42 Å². The number of carbonyl (C=O) groups is 2. The van der Waals surface area contributed by atoms with Gasteiger partial charge in [-0.15, -0.1) is 0 Å². The highest BCUT2D eigenvalue weighted by atomic mass is 32.2. The zero-order valence-corrected chi connectivity index (χ0v) is 16.4. The van der Waals surface area contributed by atoms with Crippen LogP contribution in [-0.4, -0.2) is 41.5 Å². The molecule has 1 fully saturated rings. The van der Waals surface area contributed by atoms with Crippen molar-refractivity contribution in [3.63, 3.8) is 0 Å². The Bertz CT molecular complexity index is 1040. The minimum atomic E-state index is -3.08. The molecule has 2 heterocycles.